The monoisotopic (exact) mass is 490 g/mol. The molecule has 0 aromatic carbocycles. The molecule has 0 radical (unpaired) electrons. The SMILES string of the molecule is CC(=O)O[C@H]1[C@H](C)[C@@H](O)[C@H]2[C@@H]1C=C(C(=O)O)[C@H]1C[C@@H]3[C@H]([C@H]21)[C@H]1C(=O)O[C@H]2CC[C@]3(C)O[C@]1(O)[C@@H]2C. The normalized spacial score (nSPS) is 55.7. The van der Waals surface area contributed by atoms with Crippen molar-refractivity contribution >= 4 is 17.9 Å². The van der Waals surface area contributed by atoms with Crippen molar-refractivity contribution < 1.29 is 43.9 Å². The van der Waals surface area contributed by atoms with Gasteiger partial charge in [-0.1, -0.05) is 19.9 Å². The molecule has 5 fully saturated rings. The summed E-state index contributed by atoms with van der Waals surface area (Å²) in [6, 6.07) is 0. The van der Waals surface area contributed by atoms with Gasteiger partial charge in [0.05, 0.1) is 11.7 Å². The molecule has 3 bridgehead atoms. The number of carbonyl (C=O) groups excluding carboxylic acids is 2. The molecule has 0 aromatic rings. The van der Waals surface area contributed by atoms with Crippen molar-refractivity contribution in [1.29, 1.82) is 0 Å². The molecule has 6 rings (SSSR count). The molecule has 2 saturated carbocycles. The van der Waals surface area contributed by atoms with Crippen molar-refractivity contribution in [3.63, 3.8) is 0 Å². The van der Waals surface area contributed by atoms with Crippen LogP contribution in [0.5, 0.6) is 0 Å². The molecule has 3 heterocycles. The van der Waals surface area contributed by atoms with Gasteiger partial charge in [-0.2, -0.15) is 0 Å². The number of carboxylic acid groups (broad SMARTS) is 1. The molecule has 3 aliphatic heterocycles. The lowest BCUT2D eigenvalue weighted by Gasteiger charge is -2.57. The molecule has 192 valence electrons. The van der Waals surface area contributed by atoms with E-state index in [9.17, 15) is 29.7 Å². The number of esters is 2. The van der Waals surface area contributed by atoms with Gasteiger partial charge >= 0.3 is 17.9 Å². The third-order valence-corrected chi connectivity index (χ3v) is 10.6. The fraction of sp³-hybridized carbons (Fsp3) is 0.808. The van der Waals surface area contributed by atoms with E-state index in [2.05, 4.69) is 0 Å². The first-order valence-corrected chi connectivity index (χ1v) is 12.8. The van der Waals surface area contributed by atoms with Crippen molar-refractivity contribution in [2.75, 3.05) is 0 Å². The predicted molar refractivity (Wildman–Crippen MR) is 118 cm³/mol. The van der Waals surface area contributed by atoms with E-state index in [0.29, 0.717) is 19.3 Å². The maximum Gasteiger partial charge on any atom is 0.331 e. The van der Waals surface area contributed by atoms with E-state index in [1.807, 2.05) is 20.8 Å². The van der Waals surface area contributed by atoms with Crippen LogP contribution in [0.25, 0.3) is 0 Å². The molecule has 9 nitrogen and oxygen atoms in total. The molecule has 3 saturated heterocycles. The molecular weight excluding hydrogens is 456 g/mol. The fourth-order valence-corrected chi connectivity index (χ4v) is 9.12. The van der Waals surface area contributed by atoms with Crippen molar-refractivity contribution in [1.82, 2.24) is 0 Å². The molecule has 14 atom stereocenters. The number of ether oxygens (including phenoxy) is 3. The highest BCUT2D eigenvalue weighted by atomic mass is 16.7. The Bertz CT molecular complexity index is 1020. The highest BCUT2D eigenvalue weighted by Crippen LogP contribution is 2.68. The van der Waals surface area contributed by atoms with Crippen LogP contribution < -0.4 is 0 Å². The highest BCUT2D eigenvalue weighted by molar-refractivity contribution is 5.88. The second kappa shape index (κ2) is 7.29. The van der Waals surface area contributed by atoms with Crippen molar-refractivity contribution in [3.05, 3.63) is 11.6 Å². The van der Waals surface area contributed by atoms with E-state index in [4.69, 9.17) is 14.2 Å². The van der Waals surface area contributed by atoms with Gasteiger partial charge in [0.15, 0.2) is 5.79 Å². The first kappa shape index (κ1) is 23.4. The minimum atomic E-state index is -1.72. The lowest BCUT2D eigenvalue weighted by molar-refractivity contribution is -0.369. The number of aliphatic hydroxyl groups excluding tert-OH is 1. The predicted octanol–water partition coefficient (Wildman–Crippen LogP) is 1.50. The summed E-state index contributed by atoms with van der Waals surface area (Å²) in [5, 5.41) is 33.6. The maximum atomic E-state index is 13.4. The zero-order valence-electron chi connectivity index (χ0n) is 20.4. The molecule has 3 aliphatic carbocycles. The summed E-state index contributed by atoms with van der Waals surface area (Å²) in [6.07, 6.45) is 1.38. The molecule has 0 spiro atoms. The minimum Gasteiger partial charge on any atom is -0.478 e. The fourth-order valence-electron chi connectivity index (χ4n) is 9.12. The van der Waals surface area contributed by atoms with E-state index in [-0.39, 0.29) is 11.5 Å². The van der Waals surface area contributed by atoms with Gasteiger partial charge in [0.1, 0.15) is 18.1 Å². The van der Waals surface area contributed by atoms with Crippen LogP contribution in [0.1, 0.15) is 47.0 Å². The zero-order chi connectivity index (χ0) is 25.2. The highest BCUT2D eigenvalue weighted by Gasteiger charge is 2.74. The van der Waals surface area contributed by atoms with E-state index in [0.717, 1.165) is 0 Å². The maximum absolute atomic E-state index is 13.4. The third kappa shape index (κ3) is 2.89. The Morgan fingerprint density at radius 2 is 1.91 bits per heavy atom. The minimum absolute atomic E-state index is 0.184. The average molecular weight is 491 g/mol. The molecule has 3 N–H and O–H groups in total. The number of aliphatic hydroxyl groups is 2. The summed E-state index contributed by atoms with van der Waals surface area (Å²) < 4.78 is 17.9. The Kier molecular flexibility index (Phi) is 4.88. The number of carbonyl (C=O) groups is 3. The largest absolute Gasteiger partial charge is 0.478 e. The van der Waals surface area contributed by atoms with Gasteiger partial charge in [-0.15, -0.1) is 0 Å². The van der Waals surface area contributed by atoms with Crippen LogP contribution in [0.3, 0.4) is 0 Å². The van der Waals surface area contributed by atoms with Crippen LogP contribution in [0, 0.1) is 53.3 Å². The van der Waals surface area contributed by atoms with Crippen LogP contribution in [0.2, 0.25) is 0 Å². The van der Waals surface area contributed by atoms with E-state index in [1.54, 1.807) is 6.08 Å². The number of carboxylic acids is 1. The number of rotatable bonds is 2. The summed E-state index contributed by atoms with van der Waals surface area (Å²) in [4.78, 5) is 37.8. The van der Waals surface area contributed by atoms with Crippen LogP contribution in [0.15, 0.2) is 11.6 Å². The van der Waals surface area contributed by atoms with E-state index < -0.39 is 95.0 Å². The molecule has 6 aliphatic rings. The summed E-state index contributed by atoms with van der Waals surface area (Å²) in [7, 11) is 0. The van der Waals surface area contributed by atoms with Gasteiger partial charge in [0.2, 0.25) is 0 Å². The van der Waals surface area contributed by atoms with Gasteiger partial charge in [-0.3, -0.25) is 9.59 Å². The van der Waals surface area contributed by atoms with Gasteiger partial charge in [0.25, 0.3) is 0 Å². The quantitative estimate of drug-likeness (QED) is 0.491. The smallest absolute Gasteiger partial charge is 0.331 e. The van der Waals surface area contributed by atoms with Gasteiger partial charge in [-0.05, 0) is 55.8 Å². The van der Waals surface area contributed by atoms with Crippen molar-refractivity contribution in [2.45, 2.75) is 76.7 Å². The second-order valence-corrected chi connectivity index (χ2v) is 12.1. The molecule has 35 heavy (non-hydrogen) atoms. The number of hydrogen-bond donors (Lipinski definition) is 3. The lowest BCUT2D eigenvalue weighted by Crippen LogP contribution is -2.68. The Balaban J connectivity index is 1.52. The summed E-state index contributed by atoms with van der Waals surface area (Å²) in [6.45, 7) is 6.93. The summed E-state index contributed by atoms with van der Waals surface area (Å²) >= 11 is 0. The molecular formula is C26H34O9. The standard InChI is InChI=1S/C26H34O9/c1-9-21(28)18-14(22(9)33-11(3)27)7-13(23(29)30)12-8-15-19(17(12)18)20-24(31)34-16-5-6-25(15,4)35-26(20,32)10(16)2/h7,9-10,12,14-22,28,32H,5-6,8H2,1-4H3,(H,29,30)/t9-,10-,12-,14+,15-,16+,17+,18+,19-,20+,21-,22+,25+,26-/m1/s1. The van der Waals surface area contributed by atoms with Crippen molar-refractivity contribution in [3.8, 4) is 0 Å². The topological polar surface area (TPSA) is 140 Å². The van der Waals surface area contributed by atoms with Crippen LogP contribution >= 0.6 is 0 Å². The average Bonchev–Trinajstić information content (AvgIpc) is 3.26. The Morgan fingerprint density at radius 3 is 2.57 bits per heavy atom. The summed E-state index contributed by atoms with van der Waals surface area (Å²) in [5.74, 6) is -7.87. The Morgan fingerprint density at radius 1 is 1.20 bits per heavy atom. The van der Waals surface area contributed by atoms with Crippen LogP contribution in [-0.4, -0.2) is 62.9 Å². The number of hydrogen-bond acceptors (Lipinski definition) is 8. The van der Waals surface area contributed by atoms with E-state index >= 15 is 0 Å². The number of fused-ring (bicyclic) bond motifs is 9. The second-order valence-electron chi connectivity index (χ2n) is 12.1. The van der Waals surface area contributed by atoms with E-state index in [1.165, 1.54) is 6.92 Å². The molecule has 9 heteroatoms. The summed E-state index contributed by atoms with van der Waals surface area (Å²) in [5.41, 5.74) is -0.518. The zero-order valence-corrected chi connectivity index (χ0v) is 20.4. The first-order valence-electron chi connectivity index (χ1n) is 12.8. The van der Waals surface area contributed by atoms with Crippen LogP contribution in [-0.2, 0) is 28.6 Å². The van der Waals surface area contributed by atoms with Gasteiger partial charge < -0.3 is 29.5 Å². The third-order valence-electron chi connectivity index (χ3n) is 10.6. The van der Waals surface area contributed by atoms with Gasteiger partial charge in [0, 0.05) is 30.3 Å². The Hall–Kier alpha value is -1.97. The first-order chi connectivity index (χ1) is 16.4. The van der Waals surface area contributed by atoms with Crippen molar-refractivity contribution in [2.24, 2.45) is 53.3 Å². The van der Waals surface area contributed by atoms with Crippen LogP contribution in [0.4, 0.5) is 0 Å². The molecule has 0 unspecified atom stereocenters. The van der Waals surface area contributed by atoms with Gasteiger partial charge in [-0.25, -0.2) is 4.79 Å². The molecule has 0 aromatic heterocycles. The lowest BCUT2D eigenvalue weighted by atomic mass is 9.59. The Labute approximate surface area is 203 Å². The molecule has 0 amide bonds. The number of aliphatic carboxylic acids is 1.